The summed E-state index contributed by atoms with van der Waals surface area (Å²) in [5, 5.41) is 0. The molecule has 5 nitrogen and oxygen atoms in total. The number of hydrogen-bond donors (Lipinski definition) is 0. The molecule has 0 spiro atoms. The molecule has 6 heteroatoms. The molecule has 0 aliphatic carbocycles. The molecule has 0 amide bonds. The summed E-state index contributed by atoms with van der Waals surface area (Å²) in [6, 6.07) is 0.935. The quantitative estimate of drug-likeness (QED) is 0.0298. The minimum atomic E-state index is -2.35. The van der Waals surface area contributed by atoms with Gasteiger partial charge in [0.25, 0.3) is 0 Å². The van der Waals surface area contributed by atoms with Crippen molar-refractivity contribution < 1.29 is 18.1 Å². The van der Waals surface area contributed by atoms with E-state index in [0.717, 1.165) is 18.9 Å². The first-order valence-corrected chi connectivity index (χ1v) is 20.9. The predicted octanol–water partition coefficient (Wildman–Crippen LogP) is 12.3. The third-order valence-electron chi connectivity index (χ3n) is 9.25. The fraction of sp³-hybridized carbons (Fsp3) is 0.973. The number of rotatable bonds is 37. The molecule has 0 bridgehead atoms. The molecule has 43 heavy (non-hydrogen) atoms. The molecule has 0 aliphatic heterocycles. The van der Waals surface area contributed by atoms with Gasteiger partial charge in [-0.25, -0.2) is 9.79 Å². The zero-order chi connectivity index (χ0) is 31.4. The highest BCUT2D eigenvalue weighted by molar-refractivity contribution is 6.60. The summed E-state index contributed by atoms with van der Waals surface area (Å²) >= 11 is 0. The SMILES string of the molecule is CO[Si](CCCCCCCCCCCCCCCCCCCCCCCCCCCCCCCCCN=C=O)(OC)OC. The Kier molecular flexibility index (Phi) is 35.5. The average Bonchev–Trinajstić information content (AvgIpc) is 3.03. The van der Waals surface area contributed by atoms with Gasteiger partial charge in [-0.2, -0.15) is 0 Å². The van der Waals surface area contributed by atoms with Crippen LogP contribution in [-0.2, 0) is 18.1 Å². The van der Waals surface area contributed by atoms with Crippen LogP contribution in [0.2, 0.25) is 6.04 Å². The van der Waals surface area contributed by atoms with Crippen LogP contribution in [0.25, 0.3) is 0 Å². The lowest BCUT2D eigenvalue weighted by molar-refractivity contribution is 0.122. The second kappa shape index (κ2) is 36.0. The third kappa shape index (κ3) is 31.3. The van der Waals surface area contributed by atoms with E-state index in [2.05, 4.69) is 4.99 Å². The maximum Gasteiger partial charge on any atom is 0.500 e. The van der Waals surface area contributed by atoms with E-state index in [1.54, 1.807) is 27.4 Å². The third-order valence-corrected chi connectivity index (χ3v) is 12.1. The molecule has 0 rings (SSSR count). The van der Waals surface area contributed by atoms with Gasteiger partial charge in [0, 0.05) is 27.4 Å². The van der Waals surface area contributed by atoms with Crippen LogP contribution in [0, 0.1) is 0 Å². The molecular formula is C37H75NO4Si. The van der Waals surface area contributed by atoms with Crippen molar-refractivity contribution in [2.45, 2.75) is 205 Å². The number of nitrogens with zero attached hydrogens (tertiary/aromatic N) is 1. The molecule has 256 valence electrons. The number of hydrogen-bond acceptors (Lipinski definition) is 5. The molecule has 0 aromatic carbocycles. The minimum absolute atomic E-state index is 0.665. The van der Waals surface area contributed by atoms with E-state index in [0.29, 0.717) is 6.54 Å². The molecular weight excluding hydrogens is 550 g/mol. The minimum Gasteiger partial charge on any atom is -0.377 e. The highest BCUT2D eigenvalue weighted by atomic mass is 28.4. The fourth-order valence-electron chi connectivity index (χ4n) is 6.26. The van der Waals surface area contributed by atoms with Crippen LogP contribution in [0.3, 0.4) is 0 Å². The Morgan fingerprint density at radius 1 is 0.372 bits per heavy atom. The highest BCUT2D eigenvalue weighted by Crippen LogP contribution is 2.19. The molecule has 0 atom stereocenters. The van der Waals surface area contributed by atoms with E-state index in [1.165, 1.54) is 186 Å². The standard InChI is InChI=1S/C37H75NO4Si/c1-40-43(41-2,42-3)36-34-32-30-28-26-24-22-20-18-16-14-12-10-8-6-4-5-7-9-11-13-15-17-19-21-23-25-27-29-31-33-35-38-37-39/h4-36H2,1-3H3. The molecule has 0 aromatic rings. The second-order valence-electron chi connectivity index (χ2n) is 13.0. The summed E-state index contributed by atoms with van der Waals surface area (Å²) in [5.74, 6) is 0. The van der Waals surface area contributed by atoms with Crippen LogP contribution < -0.4 is 0 Å². The van der Waals surface area contributed by atoms with Crippen LogP contribution in [0.15, 0.2) is 4.99 Å². The first-order chi connectivity index (χ1) is 21.2. The lowest BCUT2D eigenvalue weighted by Gasteiger charge is -2.24. The van der Waals surface area contributed by atoms with Crippen molar-refractivity contribution in [3.8, 4) is 0 Å². The number of carbonyl (C=O) groups excluding carboxylic acids is 1. The molecule has 0 unspecified atom stereocenters. The summed E-state index contributed by atoms with van der Waals surface area (Å²) < 4.78 is 16.5. The van der Waals surface area contributed by atoms with Gasteiger partial charge in [-0.1, -0.05) is 186 Å². The molecule has 0 heterocycles. The van der Waals surface area contributed by atoms with E-state index >= 15 is 0 Å². The Morgan fingerprint density at radius 3 is 0.791 bits per heavy atom. The van der Waals surface area contributed by atoms with Crippen molar-refractivity contribution in [1.29, 1.82) is 0 Å². The van der Waals surface area contributed by atoms with E-state index < -0.39 is 8.80 Å². The molecule has 0 fully saturated rings. The maximum absolute atomic E-state index is 10.0. The van der Waals surface area contributed by atoms with Crippen LogP contribution in [-0.4, -0.2) is 42.8 Å². The number of isocyanates is 1. The van der Waals surface area contributed by atoms with E-state index in [4.69, 9.17) is 13.3 Å². The zero-order valence-corrected chi connectivity index (χ0v) is 30.4. The fourth-order valence-corrected chi connectivity index (χ4v) is 8.06. The summed E-state index contributed by atoms with van der Waals surface area (Å²) in [6.45, 7) is 0.665. The van der Waals surface area contributed by atoms with Crippen molar-refractivity contribution in [2.75, 3.05) is 27.9 Å². The topological polar surface area (TPSA) is 57.1 Å². The van der Waals surface area contributed by atoms with Gasteiger partial charge in [-0.15, -0.1) is 0 Å². The van der Waals surface area contributed by atoms with Gasteiger partial charge in [0.15, 0.2) is 0 Å². The van der Waals surface area contributed by atoms with Gasteiger partial charge in [-0.3, -0.25) is 0 Å². The Hall–Kier alpha value is -0.523. The second-order valence-corrected chi connectivity index (χ2v) is 16.1. The van der Waals surface area contributed by atoms with Gasteiger partial charge >= 0.3 is 8.80 Å². The van der Waals surface area contributed by atoms with E-state index in [9.17, 15) is 4.79 Å². The van der Waals surface area contributed by atoms with Gasteiger partial charge in [0.05, 0.1) is 6.54 Å². The van der Waals surface area contributed by atoms with Crippen molar-refractivity contribution in [2.24, 2.45) is 4.99 Å². The van der Waals surface area contributed by atoms with Gasteiger partial charge in [-0.05, 0) is 12.8 Å². The number of aliphatic imine (C=N–C) groups is 1. The van der Waals surface area contributed by atoms with Crippen LogP contribution in [0.5, 0.6) is 0 Å². The Labute approximate surface area is 270 Å². The molecule has 0 aromatic heterocycles. The Morgan fingerprint density at radius 2 is 0.581 bits per heavy atom. The lowest BCUT2D eigenvalue weighted by Crippen LogP contribution is -2.42. The normalized spacial score (nSPS) is 11.7. The van der Waals surface area contributed by atoms with Gasteiger partial charge < -0.3 is 13.3 Å². The van der Waals surface area contributed by atoms with Crippen LogP contribution in [0.4, 0.5) is 0 Å². The lowest BCUT2D eigenvalue weighted by atomic mass is 10.0. The van der Waals surface area contributed by atoms with Crippen molar-refractivity contribution in [1.82, 2.24) is 0 Å². The Bertz CT molecular complexity index is 573. The molecule has 0 saturated carbocycles. The Balaban J connectivity index is 3.13. The maximum atomic E-state index is 10.0. The van der Waals surface area contributed by atoms with Crippen LogP contribution in [0.1, 0.15) is 199 Å². The van der Waals surface area contributed by atoms with Gasteiger partial charge in [0.1, 0.15) is 0 Å². The molecule has 0 radical (unpaired) electrons. The van der Waals surface area contributed by atoms with Crippen molar-refractivity contribution in [3.05, 3.63) is 0 Å². The van der Waals surface area contributed by atoms with Gasteiger partial charge in [0.2, 0.25) is 6.08 Å². The smallest absolute Gasteiger partial charge is 0.377 e. The first-order valence-electron chi connectivity index (χ1n) is 18.9. The predicted molar refractivity (Wildman–Crippen MR) is 188 cm³/mol. The molecule has 0 saturated heterocycles. The summed E-state index contributed by atoms with van der Waals surface area (Å²) in [6.07, 6.45) is 44.7. The monoisotopic (exact) mass is 626 g/mol. The zero-order valence-electron chi connectivity index (χ0n) is 29.4. The summed E-state index contributed by atoms with van der Waals surface area (Å²) in [7, 11) is 2.77. The first kappa shape index (κ1) is 42.5. The number of unbranched alkanes of at least 4 members (excludes halogenated alkanes) is 30. The average molecular weight is 626 g/mol. The largest absolute Gasteiger partial charge is 0.500 e. The summed E-state index contributed by atoms with van der Waals surface area (Å²) in [5.41, 5.74) is 0. The summed E-state index contributed by atoms with van der Waals surface area (Å²) in [4.78, 5) is 13.6. The highest BCUT2D eigenvalue weighted by Gasteiger charge is 2.36. The van der Waals surface area contributed by atoms with Crippen molar-refractivity contribution in [3.63, 3.8) is 0 Å². The van der Waals surface area contributed by atoms with Crippen LogP contribution >= 0.6 is 0 Å². The van der Waals surface area contributed by atoms with Crippen molar-refractivity contribution >= 4 is 14.9 Å². The van der Waals surface area contributed by atoms with E-state index in [1.807, 2.05) is 0 Å². The van der Waals surface area contributed by atoms with E-state index in [-0.39, 0.29) is 0 Å². The molecule has 0 aliphatic rings. The molecule has 0 N–H and O–H groups in total.